The number of imide groups is 1. The maximum Gasteiger partial charge on any atom is 0.416 e. The zero-order chi connectivity index (χ0) is 17.2. The van der Waals surface area contributed by atoms with E-state index in [0.29, 0.717) is 22.2 Å². The van der Waals surface area contributed by atoms with Crippen LogP contribution in [0.1, 0.15) is 11.1 Å². The molecule has 122 valence electrons. The van der Waals surface area contributed by atoms with Crippen molar-refractivity contribution in [2.24, 2.45) is 0 Å². The summed E-state index contributed by atoms with van der Waals surface area (Å²) in [6.45, 7) is -0.508. The van der Waals surface area contributed by atoms with Crippen molar-refractivity contribution in [2.45, 2.75) is 6.18 Å². The lowest BCUT2D eigenvalue weighted by Crippen LogP contribution is -2.34. The average molecular weight is 345 g/mol. The second-order valence-corrected chi connectivity index (χ2v) is 5.46. The number of methoxy groups -OCH3 is 1. The van der Waals surface area contributed by atoms with Gasteiger partial charge in [-0.15, -0.1) is 0 Å². The quantitative estimate of drug-likeness (QED) is 0.623. The second-order valence-electron chi connectivity index (χ2n) is 4.46. The Morgan fingerprint density at radius 3 is 2.39 bits per heavy atom. The molecule has 1 aromatic rings. The highest BCUT2D eigenvalue weighted by Crippen LogP contribution is 2.33. The Balaban J connectivity index is 2.19. The first-order chi connectivity index (χ1) is 10.7. The van der Waals surface area contributed by atoms with Crippen LogP contribution in [0.2, 0.25) is 0 Å². The third kappa shape index (κ3) is 3.92. The molecule has 2 rings (SSSR count). The second kappa shape index (κ2) is 6.45. The van der Waals surface area contributed by atoms with Crippen LogP contribution in [0.15, 0.2) is 29.2 Å². The molecule has 0 aliphatic carbocycles. The minimum Gasteiger partial charge on any atom is -0.468 e. The molecule has 9 heteroatoms. The number of alkyl halides is 3. The number of thioether (sulfide) groups is 1. The van der Waals surface area contributed by atoms with Gasteiger partial charge in [-0.2, -0.15) is 13.2 Å². The summed E-state index contributed by atoms with van der Waals surface area (Å²) in [7, 11) is 1.12. The number of carbonyl (C=O) groups is 3. The molecule has 0 spiro atoms. The molecule has 1 aliphatic heterocycles. The van der Waals surface area contributed by atoms with E-state index < -0.39 is 35.4 Å². The van der Waals surface area contributed by atoms with Crippen LogP contribution in [0.25, 0.3) is 6.08 Å². The van der Waals surface area contributed by atoms with Crippen LogP contribution in [0.5, 0.6) is 0 Å². The summed E-state index contributed by atoms with van der Waals surface area (Å²) < 4.78 is 41.8. The van der Waals surface area contributed by atoms with Gasteiger partial charge in [0.05, 0.1) is 17.6 Å². The highest BCUT2D eigenvalue weighted by Gasteiger charge is 2.36. The van der Waals surface area contributed by atoms with Crippen LogP contribution < -0.4 is 0 Å². The predicted octanol–water partition coefficient (Wildman–Crippen LogP) is 2.91. The van der Waals surface area contributed by atoms with Crippen molar-refractivity contribution in [3.8, 4) is 0 Å². The van der Waals surface area contributed by atoms with E-state index in [2.05, 4.69) is 4.74 Å². The average Bonchev–Trinajstić information content (AvgIpc) is 2.74. The van der Waals surface area contributed by atoms with Gasteiger partial charge in [0.15, 0.2) is 0 Å². The zero-order valence-electron chi connectivity index (χ0n) is 11.7. The molecule has 0 atom stereocenters. The standard InChI is InChI=1S/C14H10F3NO4S/c1-22-11(19)7-18-12(20)10(23-13(18)21)6-8-2-4-9(5-3-8)14(15,16)17/h2-6H,7H2,1H3/b10-6+. The van der Waals surface area contributed by atoms with Crippen molar-refractivity contribution in [3.05, 3.63) is 40.3 Å². The van der Waals surface area contributed by atoms with E-state index in [1.54, 1.807) is 0 Å². The smallest absolute Gasteiger partial charge is 0.416 e. The first kappa shape index (κ1) is 17.1. The molecule has 0 N–H and O–H groups in total. The van der Waals surface area contributed by atoms with Gasteiger partial charge in [-0.25, -0.2) is 0 Å². The number of nitrogens with zero attached hydrogens (tertiary/aromatic N) is 1. The molecule has 1 aromatic carbocycles. The van der Waals surface area contributed by atoms with Gasteiger partial charge in [0.1, 0.15) is 6.54 Å². The lowest BCUT2D eigenvalue weighted by atomic mass is 10.1. The van der Waals surface area contributed by atoms with Crippen LogP contribution in [-0.2, 0) is 20.5 Å². The van der Waals surface area contributed by atoms with E-state index >= 15 is 0 Å². The van der Waals surface area contributed by atoms with Gasteiger partial charge >= 0.3 is 12.1 Å². The highest BCUT2D eigenvalue weighted by atomic mass is 32.2. The topological polar surface area (TPSA) is 63.7 Å². The predicted molar refractivity (Wildman–Crippen MR) is 76.1 cm³/mol. The van der Waals surface area contributed by atoms with Gasteiger partial charge in [-0.3, -0.25) is 19.3 Å². The molecule has 0 aromatic heterocycles. The van der Waals surface area contributed by atoms with E-state index in [0.717, 1.165) is 19.2 Å². The Morgan fingerprint density at radius 2 is 1.87 bits per heavy atom. The van der Waals surface area contributed by atoms with Crippen molar-refractivity contribution in [2.75, 3.05) is 13.7 Å². The summed E-state index contributed by atoms with van der Waals surface area (Å²) in [5.41, 5.74) is -0.477. The Bertz CT molecular complexity index is 682. The Hall–Kier alpha value is -2.29. The molecule has 0 unspecified atom stereocenters. The molecule has 1 heterocycles. The summed E-state index contributed by atoms with van der Waals surface area (Å²) >= 11 is 0.607. The van der Waals surface area contributed by atoms with Crippen molar-refractivity contribution >= 4 is 35.0 Å². The number of benzene rings is 1. The van der Waals surface area contributed by atoms with Crippen molar-refractivity contribution in [1.29, 1.82) is 0 Å². The summed E-state index contributed by atoms with van der Waals surface area (Å²) in [5, 5.41) is -0.640. The maximum absolute atomic E-state index is 12.5. The van der Waals surface area contributed by atoms with E-state index in [9.17, 15) is 27.6 Å². The molecule has 0 saturated carbocycles. The summed E-state index contributed by atoms with van der Waals surface area (Å²) in [6, 6.07) is 4.14. The number of rotatable bonds is 3. The fraction of sp³-hybridized carbons (Fsp3) is 0.214. The third-order valence-corrected chi connectivity index (χ3v) is 3.83. The lowest BCUT2D eigenvalue weighted by Gasteiger charge is -2.09. The van der Waals surface area contributed by atoms with Gasteiger partial charge in [0.25, 0.3) is 11.1 Å². The molecule has 5 nitrogen and oxygen atoms in total. The Morgan fingerprint density at radius 1 is 1.26 bits per heavy atom. The minimum atomic E-state index is -4.45. The van der Waals surface area contributed by atoms with E-state index in [1.807, 2.05) is 0 Å². The van der Waals surface area contributed by atoms with Gasteiger partial charge in [-0.1, -0.05) is 12.1 Å². The van der Waals surface area contributed by atoms with Crippen molar-refractivity contribution < 1.29 is 32.3 Å². The zero-order valence-corrected chi connectivity index (χ0v) is 12.5. The third-order valence-electron chi connectivity index (χ3n) is 2.92. The summed E-state index contributed by atoms with van der Waals surface area (Å²) in [4.78, 5) is 35.6. The molecule has 1 fully saturated rings. The first-order valence-electron chi connectivity index (χ1n) is 6.22. The molecule has 1 saturated heterocycles. The number of esters is 1. The van der Waals surface area contributed by atoms with Gasteiger partial charge in [0.2, 0.25) is 0 Å². The number of hydrogen-bond donors (Lipinski definition) is 0. The number of hydrogen-bond acceptors (Lipinski definition) is 5. The SMILES string of the molecule is COC(=O)CN1C(=O)S/C(=C/c2ccc(C(F)(F)F)cc2)C1=O. The molecule has 0 bridgehead atoms. The van der Waals surface area contributed by atoms with E-state index in [4.69, 9.17) is 0 Å². The molecular weight excluding hydrogens is 335 g/mol. The van der Waals surface area contributed by atoms with Crippen molar-refractivity contribution in [3.63, 3.8) is 0 Å². The minimum absolute atomic E-state index is 0.0265. The van der Waals surface area contributed by atoms with Crippen LogP contribution in [-0.4, -0.2) is 35.7 Å². The fourth-order valence-corrected chi connectivity index (χ4v) is 2.59. The van der Waals surface area contributed by atoms with E-state index in [1.165, 1.54) is 18.2 Å². The number of halogens is 3. The monoisotopic (exact) mass is 345 g/mol. The number of carbonyl (C=O) groups excluding carboxylic acids is 3. The van der Waals surface area contributed by atoms with Crippen molar-refractivity contribution in [1.82, 2.24) is 4.90 Å². The summed E-state index contributed by atoms with van der Waals surface area (Å²) in [5.74, 6) is -1.44. The normalized spacial score (nSPS) is 17.0. The van der Waals surface area contributed by atoms with Gasteiger partial charge in [0, 0.05) is 0 Å². The molecule has 23 heavy (non-hydrogen) atoms. The fourth-order valence-electron chi connectivity index (χ4n) is 1.75. The molecular formula is C14H10F3NO4S. The largest absolute Gasteiger partial charge is 0.468 e. The lowest BCUT2D eigenvalue weighted by molar-refractivity contribution is -0.143. The van der Waals surface area contributed by atoms with Crippen LogP contribution >= 0.6 is 11.8 Å². The number of ether oxygens (including phenoxy) is 1. The van der Waals surface area contributed by atoms with Crippen LogP contribution in [0, 0.1) is 0 Å². The first-order valence-corrected chi connectivity index (χ1v) is 7.03. The van der Waals surface area contributed by atoms with E-state index in [-0.39, 0.29) is 4.91 Å². The molecule has 0 radical (unpaired) electrons. The van der Waals surface area contributed by atoms with Crippen LogP contribution in [0.3, 0.4) is 0 Å². The number of amides is 2. The maximum atomic E-state index is 12.5. The van der Waals surface area contributed by atoms with Gasteiger partial charge < -0.3 is 4.74 Å². The molecule has 1 aliphatic rings. The Kier molecular flexibility index (Phi) is 4.79. The highest BCUT2D eigenvalue weighted by molar-refractivity contribution is 8.18. The summed E-state index contributed by atoms with van der Waals surface area (Å²) in [6.07, 6.45) is -3.15. The Labute approximate surface area is 133 Å². The van der Waals surface area contributed by atoms with Crippen LogP contribution in [0.4, 0.5) is 18.0 Å². The van der Waals surface area contributed by atoms with Gasteiger partial charge in [-0.05, 0) is 35.5 Å². The molecule has 2 amide bonds.